The minimum atomic E-state index is -0.00550. The summed E-state index contributed by atoms with van der Waals surface area (Å²) in [5.41, 5.74) is 4.93. The maximum atomic E-state index is 10.2. The minimum absolute atomic E-state index is 0.00550. The second kappa shape index (κ2) is 9.90. The van der Waals surface area contributed by atoms with E-state index < -0.39 is 0 Å². The minimum Gasteiger partial charge on any atom is -0.504 e. The lowest BCUT2D eigenvalue weighted by atomic mass is 10.2. The summed E-state index contributed by atoms with van der Waals surface area (Å²) >= 11 is 0. The molecule has 0 radical (unpaired) electrons. The van der Waals surface area contributed by atoms with Crippen LogP contribution in [0.1, 0.15) is 5.56 Å². The van der Waals surface area contributed by atoms with Gasteiger partial charge in [0.25, 0.3) is 0 Å². The predicted molar refractivity (Wildman–Crippen MR) is 125 cm³/mol. The summed E-state index contributed by atoms with van der Waals surface area (Å²) in [5, 5.41) is 20.6. The van der Waals surface area contributed by atoms with Crippen LogP contribution in [0.3, 0.4) is 0 Å². The lowest BCUT2D eigenvalue weighted by Crippen LogP contribution is -2.07. The Hall–Kier alpha value is -4.66. The van der Waals surface area contributed by atoms with E-state index >= 15 is 0 Å². The quantitative estimate of drug-likeness (QED) is 0.240. The number of anilines is 5. The number of aromatic hydroxyl groups is 1. The van der Waals surface area contributed by atoms with Crippen molar-refractivity contribution >= 4 is 35.4 Å². The van der Waals surface area contributed by atoms with Crippen LogP contribution in [0.5, 0.6) is 11.5 Å². The number of nitrogens with one attached hydrogen (secondary N) is 3. The first kappa shape index (κ1) is 20.6. The second-order valence-electron chi connectivity index (χ2n) is 6.56. The lowest BCUT2D eigenvalue weighted by Gasteiger charge is -2.10. The highest BCUT2D eigenvalue weighted by Gasteiger charge is 2.08. The number of hydrogen-bond acceptors (Lipinski definition) is 9. The van der Waals surface area contributed by atoms with Crippen molar-refractivity contribution < 1.29 is 9.84 Å². The molecule has 0 unspecified atom stereocenters. The average molecular weight is 427 g/mol. The van der Waals surface area contributed by atoms with Crippen LogP contribution in [0.15, 0.2) is 84.0 Å². The van der Waals surface area contributed by atoms with E-state index in [1.165, 1.54) is 13.3 Å². The van der Waals surface area contributed by atoms with Crippen LogP contribution < -0.4 is 20.8 Å². The van der Waals surface area contributed by atoms with E-state index in [4.69, 9.17) is 4.74 Å². The Balaban J connectivity index is 1.58. The number of hydrazone groups is 1. The van der Waals surface area contributed by atoms with Crippen molar-refractivity contribution in [1.82, 2.24) is 15.0 Å². The molecule has 0 spiro atoms. The third-order valence-electron chi connectivity index (χ3n) is 4.31. The fourth-order valence-corrected chi connectivity index (χ4v) is 2.81. The van der Waals surface area contributed by atoms with Crippen LogP contribution in [0.25, 0.3) is 0 Å². The molecular formula is C23H21N7O2. The number of methoxy groups -OCH3 is 1. The summed E-state index contributed by atoms with van der Waals surface area (Å²) in [6.45, 7) is 0. The van der Waals surface area contributed by atoms with Crippen molar-refractivity contribution in [2.75, 3.05) is 23.2 Å². The van der Waals surface area contributed by atoms with Crippen LogP contribution in [0.2, 0.25) is 0 Å². The van der Waals surface area contributed by atoms with Gasteiger partial charge in [0.1, 0.15) is 0 Å². The molecule has 0 aliphatic heterocycles. The summed E-state index contributed by atoms with van der Waals surface area (Å²) in [6.07, 6.45) is 1.45. The van der Waals surface area contributed by atoms with Crippen molar-refractivity contribution in [3.05, 3.63) is 84.4 Å². The Kier molecular flexibility index (Phi) is 6.37. The van der Waals surface area contributed by atoms with Crippen molar-refractivity contribution in [3.63, 3.8) is 0 Å². The van der Waals surface area contributed by atoms with Gasteiger partial charge in [-0.2, -0.15) is 20.1 Å². The average Bonchev–Trinajstić information content (AvgIpc) is 2.81. The molecule has 9 heteroatoms. The molecule has 0 saturated heterocycles. The first-order valence-corrected chi connectivity index (χ1v) is 9.76. The molecule has 1 heterocycles. The van der Waals surface area contributed by atoms with Gasteiger partial charge in [0.15, 0.2) is 11.5 Å². The topological polar surface area (TPSA) is 117 Å². The van der Waals surface area contributed by atoms with Gasteiger partial charge in [0.05, 0.1) is 13.3 Å². The molecule has 0 aliphatic carbocycles. The molecule has 0 saturated carbocycles. The van der Waals surface area contributed by atoms with E-state index in [9.17, 15) is 5.11 Å². The Labute approximate surface area is 184 Å². The molecule has 4 N–H and O–H groups in total. The summed E-state index contributed by atoms with van der Waals surface area (Å²) < 4.78 is 5.11. The van der Waals surface area contributed by atoms with Crippen molar-refractivity contribution in [2.45, 2.75) is 0 Å². The van der Waals surface area contributed by atoms with E-state index in [2.05, 4.69) is 36.1 Å². The van der Waals surface area contributed by atoms with Crippen LogP contribution in [-0.2, 0) is 0 Å². The Morgan fingerprint density at radius 2 is 1.31 bits per heavy atom. The number of aromatic nitrogens is 3. The maximum absolute atomic E-state index is 10.2. The Bertz CT molecular complexity index is 1140. The van der Waals surface area contributed by atoms with Gasteiger partial charge >= 0.3 is 0 Å². The number of para-hydroxylation sites is 3. The summed E-state index contributed by atoms with van der Waals surface area (Å²) in [4.78, 5) is 13.2. The molecule has 9 nitrogen and oxygen atoms in total. The second-order valence-corrected chi connectivity index (χ2v) is 6.56. The van der Waals surface area contributed by atoms with Gasteiger partial charge in [-0.3, -0.25) is 0 Å². The van der Waals surface area contributed by atoms with Crippen LogP contribution in [-0.4, -0.2) is 33.4 Å². The Morgan fingerprint density at radius 3 is 1.88 bits per heavy atom. The van der Waals surface area contributed by atoms with E-state index in [-0.39, 0.29) is 11.7 Å². The van der Waals surface area contributed by atoms with Crippen LogP contribution >= 0.6 is 0 Å². The van der Waals surface area contributed by atoms with Gasteiger partial charge in [-0.25, -0.2) is 5.43 Å². The van der Waals surface area contributed by atoms with Gasteiger partial charge < -0.3 is 20.5 Å². The van der Waals surface area contributed by atoms with Gasteiger partial charge in [-0.1, -0.05) is 42.5 Å². The molecule has 3 aromatic carbocycles. The van der Waals surface area contributed by atoms with Gasteiger partial charge in [-0.15, -0.1) is 0 Å². The molecule has 4 rings (SSSR count). The fourth-order valence-electron chi connectivity index (χ4n) is 2.81. The van der Waals surface area contributed by atoms with Crippen molar-refractivity contribution in [3.8, 4) is 11.5 Å². The summed E-state index contributed by atoms with van der Waals surface area (Å²) in [7, 11) is 1.49. The first-order valence-electron chi connectivity index (χ1n) is 9.76. The third kappa shape index (κ3) is 5.28. The highest BCUT2D eigenvalue weighted by molar-refractivity contribution is 5.85. The number of rotatable bonds is 8. The standard InChI is InChI=1S/C23H21N7O2/c1-32-19-14-8-9-16(20(19)31)15-24-30-23-28-21(25-17-10-4-2-5-11-17)27-22(29-23)26-18-12-6-3-7-13-18/h2-15,31H,1H3,(H3,25,26,27,28,29,30). The highest BCUT2D eigenvalue weighted by atomic mass is 16.5. The normalized spacial score (nSPS) is 10.7. The van der Waals surface area contributed by atoms with Gasteiger partial charge in [0, 0.05) is 16.9 Å². The number of benzene rings is 3. The molecule has 0 atom stereocenters. The Morgan fingerprint density at radius 1 is 0.750 bits per heavy atom. The van der Waals surface area contributed by atoms with Crippen LogP contribution in [0.4, 0.5) is 29.2 Å². The number of nitrogens with zero attached hydrogens (tertiary/aromatic N) is 4. The molecule has 160 valence electrons. The van der Waals surface area contributed by atoms with Gasteiger partial charge in [0.2, 0.25) is 17.8 Å². The number of hydrogen-bond donors (Lipinski definition) is 4. The van der Waals surface area contributed by atoms with Crippen molar-refractivity contribution in [1.29, 1.82) is 0 Å². The van der Waals surface area contributed by atoms with E-state index in [0.717, 1.165) is 11.4 Å². The number of phenolic OH excluding ortho intramolecular Hbond substituents is 1. The highest BCUT2D eigenvalue weighted by Crippen LogP contribution is 2.28. The van der Waals surface area contributed by atoms with E-state index in [1.807, 2.05) is 60.7 Å². The van der Waals surface area contributed by atoms with Crippen molar-refractivity contribution in [2.24, 2.45) is 5.10 Å². The lowest BCUT2D eigenvalue weighted by molar-refractivity contribution is 0.373. The zero-order valence-electron chi connectivity index (χ0n) is 17.2. The largest absolute Gasteiger partial charge is 0.504 e. The number of phenols is 1. The van der Waals surface area contributed by atoms with E-state index in [1.54, 1.807) is 18.2 Å². The monoisotopic (exact) mass is 427 g/mol. The SMILES string of the molecule is COc1cccc(C=NNc2nc(Nc3ccccc3)nc(Nc3ccccc3)n2)c1O. The fraction of sp³-hybridized carbons (Fsp3) is 0.0435. The molecule has 32 heavy (non-hydrogen) atoms. The first-order chi connectivity index (χ1) is 15.7. The predicted octanol–water partition coefficient (Wildman–Crippen LogP) is 4.52. The smallest absolute Gasteiger partial charge is 0.250 e. The van der Waals surface area contributed by atoms with Gasteiger partial charge in [-0.05, 0) is 36.4 Å². The van der Waals surface area contributed by atoms with Crippen LogP contribution in [0, 0.1) is 0 Å². The zero-order valence-corrected chi connectivity index (χ0v) is 17.2. The third-order valence-corrected chi connectivity index (χ3v) is 4.31. The molecule has 0 bridgehead atoms. The molecule has 1 aromatic heterocycles. The zero-order chi connectivity index (χ0) is 22.2. The summed E-state index contributed by atoms with van der Waals surface area (Å²) in [5.74, 6) is 1.25. The molecule has 0 aliphatic rings. The number of ether oxygens (including phenoxy) is 1. The summed E-state index contributed by atoms with van der Waals surface area (Å²) in [6, 6.07) is 24.3. The molecular weight excluding hydrogens is 406 g/mol. The maximum Gasteiger partial charge on any atom is 0.250 e. The van der Waals surface area contributed by atoms with E-state index in [0.29, 0.717) is 23.2 Å². The molecule has 0 amide bonds. The molecule has 0 fully saturated rings. The molecule has 4 aromatic rings.